The molecule has 0 radical (unpaired) electrons. The quantitative estimate of drug-likeness (QED) is 0.763. The van der Waals surface area contributed by atoms with Crippen molar-refractivity contribution in [2.24, 2.45) is 0 Å². The molecule has 0 fully saturated rings. The van der Waals surface area contributed by atoms with Gasteiger partial charge in [0.1, 0.15) is 0 Å². The van der Waals surface area contributed by atoms with E-state index in [4.69, 9.17) is 5.11 Å². The van der Waals surface area contributed by atoms with Gasteiger partial charge in [0.15, 0.2) is 9.84 Å². The van der Waals surface area contributed by atoms with Crippen LogP contribution in [0.15, 0.2) is 52.3 Å². The number of carboxylic acid groups (broad SMARTS) is 1. The monoisotopic (exact) mass is 423 g/mol. The van der Waals surface area contributed by atoms with Crippen LogP contribution in [0, 0.1) is 0 Å². The van der Waals surface area contributed by atoms with E-state index in [0.29, 0.717) is 18.2 Å². The Balaban J connectivity index is 2.44. The fourth-order valence-corrected chi connectivity index (χ4v) is 3.77. The Morgan fingerprint density at radius 3 is 1.93 bits per heavy atom. The van der Waals surface area contributed by atoms with E-state index in [9.17, 15) is 34.8 Å². The number of sulfone groups is 1. The van der Waals surface area contributed by atoms with Crippen molar-refractivity contribution in [3.8, 4) is 0 Å². The van der Waals surface area contributed by atoms with Gasteiger partial charge in [-0.05, 0) is 42.5 Å². The molecule has 0 saturated heterocycles. The van der Waals surface area contributed by atoms with Crippen molar-refractivity contribution in [2.75, 3.05) is 11.0 Å². The molecule has 7 nitrogen and oxygen atoms in total. The number of anilines is 1. The van der Waals surface area contributed by atoms with Crippen LogP contribution in [0.25, 0.3) is 0 Å². The van der Waals surface area contributed by atoms with E-state index < -0.39 is 53.7 Å². The second-order valence-electron chi connectivity index (χ2n) is 5.41. The topological polar surface area (TPSA) is 118 Å². The van der Waals surface area contributed by atoms with Crippen molar-refractivity contribution >= 4 is 31.5 Å². The molecular formula is C15H12F3NO6S2. The predicted octanol–water partition coefficient (Wildman–Crippen LogP) is 2.61. The molecule has 0 unspecified atom stereocenters. The number of sulfonamides is 1. The first-order valence-corrected chi connectivity index (χ1v) is 10.4. The number of aromatic carboxylic acids is 1. The van der Waals surface area contributed by atoms with Crippen molar-refractivity contribution in [1.29, 1.82) is 0 Å². The summed E-state index contributed by atoms with van der Waals surface area (Å²) < 4.78 is 87.5. The minimum absolute atomic E-state index is 0.137. The Labute approximate surface area is 152 Å². The summed E-state index contributed by atoms with van der Waals surface area (Å²) in [4.78, 5) is 10.7. The van der Waals surface area contributed by atoms with Gasteiger partial charge in [0.2, 0.25) is 0 Å². The maximum absolute atomic E-state index is 12.7. The van der Waals surface area contributed by atoms with Crippen LogP contribution in [0.3, 0.4) is 0 Å². The number of rotatable bonds is 5. The number of carbonyl (C=O) groups is 1. The number of hydrogen-bond donors (Lipinski definition) is 2. The Kier molecular flexibility index (Phi) is 5.25. The number of carboxylic acids is 1. The first kappa shape index (κ1) is 20.7. The number of halogens is 3. The molecule has 2 N–H and O–H groups in total. The first-order chi connectivity index (χ1) is 12.2. The highest BCUT2D eigenvalue weighted by molar-refractivity contribution is 7.92. The first-order valence-electron chi connectivity index (χ1n) is 6.99. The number of nitrogens with one attached hydrogen (secondary N) is 1. The van der Waals surface area contributed by atoms with E-state index in [1.54, 1.807) is 0 Å². The lowest BCUT2D eigenvalue weighted by atomic mass is 10.1. The summed E-state index contributed by atoms with van der Waals surface area (Å²) in [6.45, 7) is 0. The van der Waals surface area contributed by atoms with Crippen molar-refractivity contribution in [1.82, 2.24) is 0 Å². The fourth-order valence-electron chi connectivity index (χ4n) is 2.06. The van der Waals surface area contributed by atoms with Crippen LogP contribution < -0.4 is 4.72 Å². The summed E-state index contributed by atoms with van der Waals surface area (Å²) in [5.41, 5.74) is -2.70. The summed E-state index contributed by atoms with van der Waals surface area (Å²) in [5, 5.41) is 9.08. The normalized spacial score (nSPS) is 12.6. The Morgan fingerprint density at radius 2 is 1.48 bits per heavy atom. The minimum atomic E-state index is -4.80. The third-order valence-corrected chi connectivity index (χ3v) is 5.89. The van der Waals surface area contributed by atoms with Gasteiger partial charge in [0, 0.05) is 6.26 Å². The number of alkyl halides is 3. The lowest BCUT2D eigenvalue weighted by Crippen LogP contribution is -2.17. The zero-order chi connectivity index (χ0) is 20.6. The summed E-state index contributed by atoms with van der Waals surface area (Å²) in [6, 6.07) is 5.56. The molecule has 12 heteroatoms. The van der Waals surface area contributed by atoms with Crippen molar-refractivity contribution in [2.45, 2.75) is 16.0 Å². The molecule has 146 valence electrons. The Morgan fingerprint density at radius 1 is 0.963 bits per heavy atom. The summed E-state index contributed by atoms with van der Waals surface area (Å²) in [6.07, 6.45) is -3.88. The molecule has 0 aliphatic rings. The smallest absolute Gasteiger partial charge is 0.416 e. The van der Waals surface area contributed by atoms with Crippen LogP contribution in [-0.2, 0) is 26.0 Å². The predicted molar refractivity (Wildman–Crippen MR) is 88.8 cm³/mol. The van der Waals surface area contributed by atoms with E-state index >= 15 is 0 Å². The Bertz CT molecular complexity index is 1090. The SMILES string of the molecule is CS(=O)(=O)c1ccc(S(=O)(=O)Nc2ccc(C(F)(F)F)cc2C(=O)O)cc1. The molecule has 0 spiro atoms. The number of benzene rings is 2. The standard InChI is InChI=1S/C15H12F3NO6S2/c1-26(22,23)10-3-5-11(6-4-10)27(24,25)19-13-7-2-9(15(16,17)18)8-12(13)14(20)21/h2-8,19H,1H3,(H,20,21). The van der Waals surface area contributed by atoms with Crippen LogP contribution in [0.5, 0.6) is 0 Å². The summed E-state index contributed by atoms with van der Waals surface area (Å²) >= 11 is 0. The lowest BCUT2D eigenvalue weighted by molar-refractivity contribution is -0.137. The average Bonchev–Trinajstić information content (AvgIpc) is 2.53. The lowest BCUT2D eigenvalue weighted by Gasteiger charge is -2.13. The highest BCUT2D eigenvalue weighted by Gasteiger charge is 2.32. The van der Waals surface area contributed by atoms with Gasteiger partial charge < -0.3 is 5.11 Å². The van der Waals surface area contributed by atoms with Crippen molar-refractivity contribution < 1.29 is 39.9 Å². The maximum Gasteiger partial charge on any atom is 0.416 e. The minimum Gasteiger partial charge on any atom is -0.478 e. The molecule has 0 aliphatic carbocycles. The molecule has 2 rings (SSSR count). The fraction of sp³-hybridized carbons (Fsp3) is 0.133. The second-order valence-corrected chi connectivity index (χ2v) is 9.11. The average molecular weight is 423 g/mol. The van der Waals surface area contributed by atoms with E-state index in [1.807, 2.05) is 4.72 Å². The van der Waals surface area contributed by atoms with Crippen LogP contribution in [0.4, 0.5) is 18.9 Å². The maximum atomic E-state index is 12.7. The largest absolute Gasteiger partial charge is 0.478 e. The molecule has 0 atom stereocenters. The Hall–Kier alpha value is -2.60. The van der Waals surface area contributed by atoms with E-state index in [1.165, 1.54) is 0 Å². The van der Waals surface area contributed by atoms with Gasteiger partial charge in [-0.3, -0.25) is 4.72 Å². The second kappa shape index (κ2) is 6.85. The van der Waals surface area contributed by atoms with E-state index in [2.05, 4.69) is 0 Å². The zero-order valence-corrected chi connectivity index (χ0v) is 15.1. The molecule has 0 aliphatic heterocycles. The summed E-state index contributed by atoms with van der Waals surface area (Å²) in [7, 11) is -7.93. The van der Waals surface area contributed by atoms with Gasteiger partial charge >= 0.3 is 12.1 Å². The van der Waals surface area contributed by atoms with Crippen molar-refractivity contribution in [3.63, 3.8) is 0 Å². The molecule has 2 aromatic rings. The molecule has 0 heterocycles. The van der Waals surface area contributed by atoms with Crippen LogP contribution in [-0.4, -0.2) is 34.2 Å². The van der Waals surface area contributed by atoms with Crippen LogP contribution in [0.1, 0.15) is 15.9 Å². The van der Waals surface area contributed by atoms with Gasteiger partial charge in [-0.1, -0.05) is 0 Å². The van der Waals surface area contributed by atoms with Gasteiger partial charge in [-0.15, -0.1) is 0 Å². The molecule has 27 heavy (non-hydrogen) atoms. The molecule has 0 saturated carbocycles. The zero-order valence-electron chi connectivity index (χ0n) is 13.5. The van der Waals surface area contributed by atoms with Gasteiger partial charge in [-0.25, -0.2) is 21.6 Å². The number of hydrogen-bond acceptors (Lipinski definition) is 5. The van der Waals surface area contributed by atoms with Crippen LogP contribution >= 0.6 is 0 Å². The third kappa shape index (κ3) is 4.77. The van der Waals surface area contributed by atoms with Crippen molar-refractivity contribution in [3.05, 3.63) is 53.6 Å². The molecule has 0 aromatic heterocycles. The van der Waals surface area contributed by atoms with Gasteiger partial charge in [-0.2, -0.15) is 13.2 Å². The highest BCUT2D eigenvalue weighted by Crippen LogP contribution is 2.32. The van der Waals surface area contributed by atoms with Gasteiger partial charge in [0.05, 0.1) is 26.6 Å². The highest BCUT2D eigenvalue weighted by atomic mass is 32.2. The van der Waals surface area contributed by atoms with E-state index in [0.717, 1.165) is 30.5 Å². The summed E-state index contributed by atoms with van der Waals surface area (Å²) in [5.74, 6) is -1.76. The van der Waals surface area contributed by atoms with Crippen LogP contribution in [0.2, 0.25) is 0 Å². The third-order valence-electron chi connectivity index (χ3n) is 3.38. The molecule has 0 amide bonds. The molecule has 0 bridgehead atoms. The van der Waals surface area contributed by atoms with Gasteiger partial charge in [0.25, 0.3) is 10.0 Å². The molecule has 2 aromatic carbocycles. The molecular weight excluding hydrogens is 411 g/mol. The van der Waals surface area contributed by atoms with E-state index in [-0.39, 0.29) is 4.90 Å².